The standard InChI is InChI=1S/C20H21ClN2O/c1-13-6-7-20(15(11-22)12-23)10-17(24)9-18(19(20)8-13)14-2-4-16(21)5-3-14/h2-5,13,15,18-19H,6-10H2,1H3/t13-,18-,19-,20+/m0/s1. The molecule has 1 aromatic rings. The molecular weight excluding hydrogens is 320 g/mol. The first kappa shape index (κ1) is 17.0. The monoisotopic (exact) mass is 340 g/mol. The number of Topliss-reactive ketones (excluding diaryl/α,β-unsaturated/α-hetero) is 1. The molecule has 0 spiro atoms. The number of nitrogens with zero attached hydrogens (tertiary/aromatic N) is 2. The van der Waals surface area contributed by atoms with Gasteiger partial charge in [0.25, 0.3) is 0 Å². The van der Waals surface area contributed by atoms with Crippen LogP contribution in [0.15, 0.2) is 24.3 Å². The molecule has 0 saturated heterocycles. The second kappa shape index (κ2) is 6.58. The number of benzene rings is 1. The van der Waals surface area contributed by atoms with E-state index in [4.69, 9.17) is 11.6 Å². The fraction of sp³-hybridized carbons (Fsp3) is 0.550. The molecule has 3 nitrogen and oxygen atoms in total. The zero-order valence-electron chi connectivity index (χ0n) is 13.8. The minimum absolute atomic E-state index is 0.0791. The maximum Gasteiger partial charge on any atom is 0.139 e. The molecule has 0 amide bonds. The van der Waals surface area contributed by atoms with Crippen LogP contribution in [0.3, 0.4) is 0 Å². The van der Waals surface area contributed by atoms with E-state index in [1.807, 2.05) is 24.3 Å². The van der Waals surface area contributed by atoms with Gasteiger partial charge in [0.05, 0.1) is 12.1 Å². The predicted octanol–water partition coefficient (Wildman–Crippen LogP) is 4.87. The third-order valence-electron chi connectivity index (χ3n) is 6.09. The summed E-state index contributed by atoms with van der Waals surface area (Å²) >= 11 is 6.01. The topological polar surface area (TPSA) is 64.7 Å². The quantitative estimate of drug-likeness (QED) is 0.771. The lowest BCUT2D eigenvalue weighted by Crippen LogP contribution is -2.49. The van der Waals surface area contributed by atoms with Crippen LogP contribution < -0.4 is 0 Å². The molecule has 4 atom stereocenters. The molecule has 2 saturated carbocycles. The highest BCUT2D eigenvalue weighted by Gasteiger charge is 2.55. The first-order valence-corrected chi connectivity index (χ1v) is 8.94. The Morgan fingerprint density at radius 2 is 1.92 bits per heavy atom. The van der Waals surface area contributed by atoms with Crippen molar-refractivity contribution in [3.8, 4) is 12.1 Å². The van der Waals surface area contributed by atoms with Crippen molar-refractivity contribution in [1.29, 1.82) is 10.5 Å². The number of rotatable bonds is 2. The Morgan fingerprint density at radius 1 is 1.25 bits per heavy atom. The Morgan fingerprint density at radius 3 is 2.54 bits per heavy atom. The van der Waals surface area contributed by atoms with E-state index in [-0.39, 0.29) is 17.6 Å². The van der Waals surface area contributed by atoms with Crippen molar-refractivity contribution < 1.29 is 4.79 Å². The number of halogens is 1. The fourth-order valence-electron chi connectivity index (χ4n) is 4.90. The van der Waals surface area contributed by atoms with E-state index in [1.54, 1.807) is 0 Å². The molecule has 4 heteroatoms. The van der Waals surface area contributed by atoms with E-state index >= 15 is 0 Å². The van der Waals surface area contributed by atoms with Crippen molar-refractivity contribution in [3.63, 3.8) is 0 Å². The third-order valence-corrected chi connectivity index (χ3v) is 6.34. The number of carbonyl (C=O) groups is 1. The van der Waals surface area contributed by atoms with Crippen molar-refractivity contribution in [2.24, 2.45) is 23.2 Å². The summed E-state index contributed by atoms with van der Waals surface area (Å²) in [6, 6.07) is 12.1. The summed E-state index contributed by atoms with van der Waals surface area (Å²) in [6.45, 7) is 2.23. The average molecular weight is 341 g/mol. The molecular formula is C20H21ClN2O. The van der Waals surface area contributed by atoms with Crippen LogP contribution in [0.4, 0.5) is 0 Å². The molecule has 0 heterocycles. The smallest absolute Gasteiger partial charge is 0.139 e. The summed E-state index contributed by atoms with van der Waals surface area (Å²) in [5.74, 6) is 0.300. The van der Waals surface area contributed by atoms with Gasteiger partial charge in [-0.3, -0.25) is 4.79 Å². The third kappa shape index (κ3) is 2.83. The normalized spacial score (nSPS) is 32.7. The number of carbonyl (C=O) groups excluding carboxylic acids is 1. The molecule has 0 unspecified atom stereocenters. The molecule has 3 rings (SSSR count). The van der Waals surface area contributed by atoms with Crippen LogP contribution in [-0.2, 0) is 4.79 Å². The maximum absolute atomic E-state index is 12.5. The van der Waals surface area contributed by atoms with Gasteiger partial charge in [-0.1, -0.05) is 37.1 Å². The van der Waals surface area contributed by atoms with Gasteiger partial charge in [0.2, 0.25) is 0 Å². The maximum atomic E-state index is 12.5. The summed E-state index contributed by atoms with van der Waals surface area (Å²) in [5.41, 5.74) is 0.612. The van der Waals surface area contributed by atoms with Crippen molar-refractivity contribution in [3.05, 3.63) is 34.9 Å². The fourth-order valence-corrected chi connectivity index (χ4v) is 5.03. The van der Waals surface area contributed by atoms with Crippen molar-refractivity contribution in [2.45, 2.75) is 44.9 Å². The second-order valence-corrected chi connectivity index (χ2v) is 7.92. The first-order chi connectivity index (χ1) is 11.5. The van der Waals surface area contributed by atoms with E-state index in [0.717, 1.165) is 24.8 Å². The van der Waals surface area contributed by atoms with Crippen LogP contribution in [0, 0.1) is 45.8 Å². The molecule has 2 fully saturated rings. The Kier molecular flexibility index (Phi) is 4.66. The molecule has 0 N–H and O–H groups in total. The first-order valence-electron chi connectivity index (χ1n) is 8.56. The van der Waals surface area contributed by atoms with Gasteiger partial charge < -0.3 is 0 Å². The zero-order chi connectivity index (χ0) is 17.3. The summed E-state index contributed by atoms with van der Waals surface area (Å²) < 4.78 is 0. The largest absolute Gasteiger partial charge is 0.300 e. The summed E-state index contributed by atoms with van der Waals surface area (Å²) in [6.07, 6.45) is 3.63. The van der Waals surface area contributed by atoms with E-state index < -0.39 is 11.3 Å². The molecule has 0 bridgehead atoms. The predicted molar refractivity (Wildman–Crippen MR) is 92.1 cm³/mol. The minimum atomic E-state index is -0.714. The summed E-state index contributed by atoms with van der Waals surface area (Å²) in [7, 11) is 0. The van der Waals surface area contributed by atoms with Crippen LogP contribution in [0.25, 0.3) is 0 Å². The molecule has 2 aliphatic carbocycles. The van der Waals surface area contributed by atoms with E-state index in [1.165, 1.54) is 0 Å². The Balaban J connectivity index is 2.07. The number of ketones is 1. The zero-order valence-corrected chi connectivity index (χ0v) is 14.6. The van der Waals surface area contributed by atoms with Crippen molar-refractivity contribution in [1.82, 2.24) is 0 Å². The summed E-state index contributed by atoms with van der Waals surface area (Å²) in [5, 5.41) is 19.8. The van der Waals surface area contributed by atoms with Crippen LogP contribution >= 0.6 is 11.6 Å². The number of hydrogen-bond donors (Lipinski definition) is 0. The molecule has 24 heavy (non-hydrogen) atoms. The van der Waals surface area contributed by atoms with Crippen LogP contribution in [0.1, 0.15) is 50.5 Å². The molecule has 124 valence electrons. The van der Waals surface area contributed by atoms with Gasteiger partial charge in [0.1, 0.15) is 11.7 Å². The molecule has 0 aliphatic heterocycles. The highest BCUT2D eigenvalue weighted by Crippen LogP contribution is 2.59. The van der Waals surface area contributed by atoms with E-state index in [9.17, 15) is 15.3 Å². The highest BCUT2D eigenvalue weighted by atomic mass is 35.5. The summed E-state index contributed by atoms with van der Waals surface area (Å²) in [4.78, 5) is 12.5. The highest BCUT2D eigenvalue weighted by molar-refractivity contribution is 6.30. The average Bonchev–Trinajstić information content (AvgIpc) is 2.57. The Bertz CT molecular complexity index is 701. The van der Waals surface area contributed by atoms with Gasteiger partial charge >= 0.3 is 0 Å². The van der Waals surface area contributed by atoms with Crippen LogP contribution in [-0.4, -0.2) is 5.78 Å². The lowest BCUT2D eigenvalue weighted by molar-refractivity contribution is -0.131. The molecule has 2 aliphatic rings. The molecule has 0 radical (unpaired) electrons. The second-order valence-electron chi connectivity index (χ2n) is 7.49. The van der Waals surface area contributed by atoms with Crippen molar-refractivity contribution in [2.75, 3.05) is 0 Å². The van der Waals surface area contributed by atoms with Gasteiger partial charge in [-0.25, -0.2) is 0 Å². The number of hydrogen-bond acceptors (Lipinski definition) is 3. The SMILES string of the molecule is C[C@H]1CC[C@]2(C(C#N)C#N)CC(=O)C[C@@H](c3ccc(Cl)cc3)[C@@H]2C1. The van der Waals surface area contributed by atoms with Crippen molar-refractivity contribution >= 4 is 17.4 Å². The Labute approximate surface area is 148 Å². The molecule has 1 aromatic carbocycles. The van der Waals surface area contributed by atoms with Gasteiger partial charge in [0.15, 0.2) is 0 Å². The number of nitriles is 2. The van der Waals surface area contributed by atoms with Crippen LogP contribution in [0.5, 0.6) is 0 Å². The van der Waals surface area contributed by atoms with Gasteiger partial charge in [-0.2, -0.15) is 10.5 Å². The molecule has 0 aromatic heterocycles. The number of fused-ring (bicyclic) bond motifs is 1. The van der Waals surface area contributed by atoms with Gasteiger partial charge in [-0.05, 0) is 48.3 Å². The minimum Gasteiger partial charge on any atom is -0.300 e. The van der Waals surface area contributed by atoms with Gasteiger partial charge in [-0.15, -0.1) is 0 Å². The van der Waals surface area contributed by atoms with E-state index in [0.29, 0.717) is 23.8 Å². The van der Waals surface area contributed by atoms with E-state index in [2.05, 4.69) is 19.1 Å². The Hall–Kier alpha value is -1.84. The lowest BCUT2D eigenvalue weighted by Gasteiger charge is -2.52. The van der Waals surface area contributed by atoms with Gasteiger partial charge in [0, 0.05) is 23.3 Å². The van der Waals surface area contributed by atoms with Crippen LogP contribution in [0.2, 0.25) is 5.02 Å². The lowest BCUT2D eigenvalue weighted by atomic mass is 9.49.